The number of nitrogens with two attached hydrogens (primary N) is 1. The normalized spacial score (nSPS) is 18.9. The van der Waals surface area contributed by atoms with Crippen LogP contribution in [0.2, 0.25) is 0 Å². The Hall–Kier alpha value is -1.00. The van der Waals surface area contributed by atoms with E-state index >= 15 is 0 Å². The molecule has 0 saturated carbocycles. The van der Waals surface area contributed by atoms with Crippen LogP contribution in [0.15, 0.2) is 24.3 Å². The van der Waals surface area contributed by atoms with E-state index in [0.29, 0.717) is 19.0 Å². The van der Waals surface area contributed by atoms with Crippen LogP contribution in [-0.4, -0.2) is 35.4 Å². The molecule has 1 aliphatic rings. The van der Waals surface area contributed by atoms with Crippen LogP contribution in [0, 0.1) is 0 Å². The summed E-state index contributed by atoms with van der Waals surface area (Å²) < 4.78 is 0. The topological polar surface area (TPSA) is 46.3 Å². The molecule has 1 amide bonds. The molecule has 3 nitrogen and oxygen atoms in total. The first-order valence-corrected chi connectivity index (χ1v) is 7.48. The Morgan fingerprint density at radius 3 is 2.78 bits per heavy atom. The van der Waals surface area contributed by atoms with Crippen molar-refractivity contribution in [2.45, 2.75) is 25.4 Å². The van der Waals surface area contributed by atoms with Crippen LogP contribution in [-0.2, 0) is 17.8 Å². The molecule has 1 unspecified atom stereocenters. The van der Waals surface area contributed by atoms with Gasteiger partial charge in [0.1, 0.15) is 0 Å². The van der Waals surface area contributed by atoms with Crippen molar-refractivity contribution >= 4 is 17.7 Å². The van der Waals surface area contributed by atoms with Crippen molar-refractivity contribution in [3.63, 3.8) is 0 Å². The molecule has 1 heterocycles. The van der Waals surface area contributed by atoms with Crippen LogP contribution in [0.4, 0.5) is 0 Å². The highest BCUT2D eigenvalue weighted by Crippen LogP contribution is 2.22. The molecule has 98 valence electrons. The lowest BCUT2D eigenvalue weighted by Gasteiger charge is -2.24. The summed E-state index contributed by atoms with van der Waals surface area (Å²) in [6.45, 7) is 0.493. The second-order valence-corrected chi connectivity index (χ2v) is 5.82. The summed E-state index contributed by atoms with van der Waals surface area (Å²) >= 11 is 1.93. The van der Waals surface area contributed by atoms with E-state index in [9.17, 15) is 4.79 Å². The van der Waals surface area contributed by atoms with Gasteiger partial charge in [-0.2, -0.15) is 11.8 Å². The smallest absolute Gasteiger partial charge is 0.227 e. The molecule has 0 bridgehead atoms. The molecule has 1 aromatic rings. The summed E-state index contributed by atoms with van der Waals surface area (Å²) in [6, 6.07) is 8.33. The molecule has 0 aromatic heterocycles. The highest BCUT2D eigenvalue weighted by Gasteiger charge is 2.23. The van der Waals surface area contributed by atoms with Gasteiger partial charge < -0.3 is 10.6 Å². The summed E-state index contributed by atoms with van der Waals surface area (Å²) in [5.41, 5.74) is 7.82. The van der Waals surface area contributed by atoms with Gasteiger partial charge in [-0.15, -0.1) is 0 Å². The Morgan fingerprint density at radius 2 is 2.17 bits per heavy atom. The van der Waals surface area contributed by atoms with Gasteiger partial charge in [0.2, 0.25) is 5.91 Å². The number of carbonyl (C=O) groups excluding carboxylic acids is 1. The molecule has 0 radical (unpaired) electrons. The lowest BCUT2D eigenvalue weighted by Crippen LogP contribution is -2.38. The number of likely N-dealkylation sites (N-methyl/N-ethyl adjacent to an activating group) is 1. The maximum atomic E-state index is 12.2. The van der Waals surface area contributed by atoms with Crippen molar-refractivity contribution in [2.24, 2.45) is 5.73 Å². The standard InChI is InChI=1S/C14H20N2OS/c1-16(13-6-7-18-10-13)14(17)8-11-4-2-3-5-12(11)9-15/h2-5,13H,6-10,15H2,1H3. The fraction of sp³-hybridized carbons (Fsp3) is 0.500. The Morgan fingerprint density at radius 1 is 1.44 bits per heavy atom. The summed E-state index contributed by atoms with van der Waals surface area (Å²) in [5, 5.41) is 0. The quantitative estimate of drug-likeness (QED) is 0.899. The molecular weight excluding hydrogens is 244 g/mol. The van der Waals surface area contributed by atoms with Gasteiger partial charge in [-0.1, -0.05) is 24.3 Å². The minimum atomic E-state index is 0.198. The van der Waals surface area contributed by atoms with E-state index in [1.54, 1.807) is 0 Å². The second-order valence-electron chi connectivity index (χ2n) is 4.67. The molecule has 1 fully saturated rings. The third-order valence-corrected chi connectivity index (χ3v) is 4.67. The predicted octanol–water partition coefficient (Wildman–Crippen LogP) is 1.65. The van der Waals surface area contributed by atoms with E-state index in [1.807, 2.05) is 48.0 Å². The van der Waals surface area contributed by atoms with Gasteiger partial charge in [-0.25, -0.2) is 0 Å². The van der Waals surface area contributed by atoms with Crippen molar-refractivity contribution in [2.75, 3.05) is 18.6 Å². The fourth-order valence-corrected chi connectivity index (χ4v) is 3.52. The van der Waals surface area contributed by atoms with Gasteiger partial charge in [-0.3, -0.25) is 4.79 Å². The number of benzene rings is 1. The zero-order valence-electron chi connectivity index (χ0n) is 10.8. The van der Waals surface area contributed by atoms with Crippen molar-refractivity contribution in [1.82, 2.24) is 4.90 Å². The van der Waals surface area contributed by atoms with E-state index in [2.05, 4.69) is 0 Å². The molecular formula is C14H20N2OS. The van der Waals surface area contributed by atoms with E-state index in [-0.39, 0.29) is 5.91 Å². The van der Waals surface area contributed by atoms with Crippen molar-refractivity contribution in [3.8, 4) is 0 Å². The van der Waals surface area contributed by atoms with Gasteiger partial charge >= 0.3 is 0 Å². The molecule has 1 saturated heterocycles. The first-order valence-electron chi connectivity index (χ1n) is 6.32. The van der Waals surface area contributed by atoms with Crippen molar-refractivity contribution in [1.29, 1.82) is 0 Å². The van der Waals surface area contributed by atoms with Crippen LogP contribution < -0.4 is 5.73 Å². The summed E-state index contributed by atoms with van der Waals surface area (Å²) in [4.78, 5) is 14.2. The Bertz CT molecular complexity index is 416. The van der Waals surface area contributed by atoms with Gasteiger partial charge in [-0.05, 0) is 23.3 Å². The number of carbonyl (C=O) groups is 1. The zero-order valence-corrected chi connectivity index (χ0v) is 11.6. The first-order chi connectivity index (χ1) is 8.72. The lowest BCUT2D eigenvalue weighted by atomic mass is 10.0. The van der Waals surface area contributed by atoms with Gasteiger partial charge in [0.05, 0.1) is 6.42 Å². The molecule has 4 heteroatoms. The third-order valence-electron chi connectivity index (χ3n) is 3.53. The predicted molar refractivity (Wildman–Crippen MR) is 76.5 cm³/mol. The van der Waals surface area contributed by atoms with Crippen LogP contribution in [0.25, 0.3) is 0 Å². The lowest BCUT2D eigenvalue weighted by molar-refractivity contribution is -0.130. The SMILES string of the molecule is CN(C(=O)Cc1ccccc1CN)C1CCSC1. The number of rotatable bonds is 4. The molecule has 2 N–H and O–H groups in total. The molecule has 18 heavy (non-hydrogen) atoms. The van der Waals surface area contributed by atoms with Gasteiger partial charge in [0.15, 0.2) is 0 Å². The minimum Gasteiger partial charge on any atom is -0.342 e. The summed E-state index contributed by atoms with van der Waals surface area (Å²) in [5.74, 6) is 2.44. The summed E-state index contributed by atoms with van der Waals surface area (Å²) in [7, 11) is 1.92. The molecule has 0 spiro atoms. The molecule has 1 aromatic carbocycles. The molecule has 2 rings (SSSR count). The van der Waals surface area contributed by atoms with E-state index in [1.165, 1.54) is 5.75 Å². The number of thioether (sulfide) groups is 1. The Labute approximate surface area is 113 Å². The monoisotopic (exact) mass is 264 g/mol. The minimum absolute atomic E-state index is 0.198. The highest BCUT2D eigenvalue weighted by molar-refractivity contribution is 7.99. The van der Waals surface area contributed by atoms with E-state index in [0.717, 1.165) is 23.3 Å². The Balaban J connectivity index is 2.01. The average Bonchev–Trinajstić information content (AvgIpc) is 2.92. The second kappa shape index (κ2) is 6.25. The Kier molecular flexibility index (Phi) is 4.66. The molecule has 1 aliphatic heterocycles. The molecule has 1 atom stereocenters. The largest absolute Gasteiger partial charge is 0.342 e. The van der Waals surface area contributed by atoms with Crippen LogP contribution in [0.1, 0.15) is 17.5 Å². The maximum Gasteiger partial charge on any atom is 0.227 e. The van der Waals surface area contributed by atoms with Crippen molar-refractivity contribution < 1.29 is 4.79 Å². The van der Waals surface area contributed by atoms with E-state index in [4.69, 9.17) is 5.73 Å². The van der Waals surface area contributed by atoms with Gasteiger partial charge in [0.25, 0.3) is 0 Å². The molecule has 0 aliphatic carbocycles. The maximum absolute atomic E-state index is 12.2. The fourth-order valence-electron chi connectivity index (χ4n) is 2.25. The zero-order chi connectivity index (χ0) is 13.0. The highest BCUT2D eigenvalue weighted by atomic mass is 32.2. The first kappa shape index (κ1) is 13.4. The number of hydrogen-bond donors (Lipinski definition) is 1. The van der Waals surface area contributed by atoms with Crippen LogP contribution >= 0.6 is 11.8 Å². The number of amides is 1. The van der Waals surface area contributed by atoms with Gasteiger partial charge in [0, 0.05) is 25.4 Å². The third kappa shape index (κ3) is 3.06. The van der Waals surface area contributed by atoms with E-state index < -0.39 is 0 Å². The van der Waals surface area contributed by atoms with Crippen LogP contribution in [0.5, 0.6) is 0 Å². The average molecular weight is 264 g/mol. The van der Waals surface area contributed by atoms with Crippen LogP contribution in [0.3, 0.4) is 0 Å². The summed E-state index contributed by atoms with van der Waals surface area (Å²) in [6.07, 6.45) is 1.58. The number of hydrogen-bond acceptors (Lipinski definition) is 3. The number of nitrogens with zero attached hydrogens (tertiary/aromatic N) is 1. The van der Waals surface area contributed by atoms with Crippen molar-refractivity contribution in [3.05, 3.63) is 35.4 Å².